The first-order chi connectivity index (χ1) is 8.15. The van der Waals surface area contributed by atoms with Gasteiger partial charge in [0.25, 0.3) is 0 Å². The Bertz CT molecular complexity index is 291. The molecule has 0 heterocycles. The van der Waals surface area contributed by atoms with Gasteiger partial charge in [0.15, 0.2) is 0 Å². The van der Waals surface area contributed by atoms with Crippen LogP contribution >= 0.6 is 0 Å². The highest BCUT2D eigenvalue weighted by molar-refractivity contribution is 5.76. The van der Waals surface area contributed by atoms with Gasteiger partial charge in [0, 0.05) is 5.41 Å². The van der Waals surface area contributed by atoms with E-state index >= 15 is 0 Å². The van der Waals surface area contributed by atoms with Gasteiger partial charge in [0.2, 0.25) is 0 Å². The summed E-state index contributed by atoms with van der Waals surface area (Å²) in [5.74, 6) is -0.0261. The third kappa shape index (κ3) is 3.07. The number of hydrogen-bond donors (Lipinski definition) is 0. The Balaban J connectivity index is 2.90. The molecule has 0 spiro atoms. The number of carbonyl (C=O) groups excluding carboxylic acids is 1. The molecular weight excluding hydrogens is 224 g/mol. The molecule has 1 aliphatic rings. The van der Waals surface area contributed by atoms with Crippen molar-refractivity contribution in [3.63, 3.8) is 0 Å². The molecule has 0 amide bonds. The van der Waals surface area contributed by atoms with Crippen LogP contribution in [0.4, 0.5) is 0 Å². The molecule has 1 fully saturated rings. The summed E-state index contributed by atoms with van der Waals surface area (Å²) >= 11 is 0. The summed E-state index contributed by atoms with van der Waals surface area (Å²) in [6.07, 6.45) is 6.48. The molecule has 0 saturated heterocycles. The maximum absolute atomic E-state index is 12.4. The second-order valence-corrected chi connectivity index (χ2v) is 7.43. The Hall–Kier alpha value is -0.530. The van der Waals surface area contributed by atoms with Crippen molar-refractivity contribution in [2.75, 3.05) is 0 Å². The first kappa shape index (κ1) is 15.5. The Kier molecular flexibility index (Phi) is 4.51. The minimum atomic E-state index is -0.365. The van der Waals surface area contributed by atoms with E-state index in [9.17, 15) is 4.79 Å². The zero-order chi connectivity index (χ0) is 14.0. The third-order valence-electron chi connectivity index (χ3n) is 4.75. The van der Waals surface area contributed by atoms with Gasteiger partial charge in [0.1, 0.15) is 5.60 Å². The molecule has 0 bridgehead atoms. The van der Waals surface area contributed by atoms with Crippen LogP contribution in [-0.2, 0) is 9.53 Å². The van der Waals surface area contributed by atoms with Crippen LogP contribution in [-0.4, -0.2) is 11.6 Å². The Labute approximate surface area is 112 Å². The smallest absolute Gasteiger partial charge is 0.312 e. The topological polar surface area (TPSA) is 26.3 Å². The van der Waals surface area contributed by atoms with Crippen molar-refractivity contribution in [1.82, 2.24) is 0 Å². The molecule has 0 aromatic heterocycles. The maximum Gasteiger partial charge on any atom is 0.312 e. The summed E-state index contributed by atoms with van der Waals surface area (Å²) in [6, 6.07) is 0. The quantitative estimate of drug-likeness (QED) is 0.681. The van der Waals surface area contributed by atoms with Crippen molar-refractivity contribution >= 4 is 5.97 Å². The van der Waals surface area contributed by atoms with Gasteiger partial charge in [-0.1, -0.05) is 34.1 Å². The molecule has 18 heavy (non-hydrogen) atoms. The zero-order valence-corrected chi connectivity index (χ0v) is 13.1. The van der Waals surface area contributed by atoms with Crippen LogP contribution in [0.1, 0.15) is 80.1 Å². The molecule has 2 heteroatoms. The van der Waals surface area contributed by atoms with Gasteiger partial charge in [-0.3, -0.25) is 4.79 Å². The number of ether oxygens (including phenoxy) is 1. The van der Waals surface area contributed by atoms with Crippen LogP contribution in [0.5, 0.6) is 0 Å². The van der Waals surface area contributed by atoms with E-state index in [-0.39, 0.29) is 22.4 Å². The van der Waals surface area contributed by atoms with Crippen molar-refractivity contribution in [3.8, 4) is 0 Å². The largest absolute Gasteiger partial charge is 0.458 e. The lowest BCUT2D eigenvalue weighted by Gasteiger charge is -2.47. The predicted octanol–water partition coefficient (Wildman–Crippen LogP) is 4.71. The van der Waals surface area contributed by atoms with Gasteiger partial charge in [-0.05, 0) is 46.0 Å². The minimum absolute atomic E-state index is 0.0207. The van der Waals surface area contributed by atoms with Crippen LogP contribution in [0.3, 0.4) is 0 Å². The zero-order valence-electron chi connectivity index (χ0n) is 13.1. The monoisotopic (exact) mass is 254 g/mol. The normalized spacial score (nSPS) is 20.6. The van der Waals surface area contributed by atoms with E-state index in [1.807, 2.05) is 20.8 Å². The lowest BCUT2D eigenvalue weighted by molar-refractivity contribution is -0.190. The van der Waals surface area contributed by atoms with Gasteiger partial charge in [-0.2, -0.15) is 0 Å². The molecule has 106 valence electrons. The molecule has 0 radical (unpaired) electrons. The molecule has 2 nitrogen and oxygen atoms in total. The summed E-state index contributed by atoms with van der Waals surface area (Å²) in [6.45, 7) is 12.6. The highest BCUT2D eigenvalue weighted by Gasteiger charge is 2.47. The fourth-order valence-corrected chi connectivity index (χ4v) is 2.59. The van der Waals surface area contributed by atoms with E-state index in [2.05, 4.69) is 20.8 Å². The standard InChI is InChI=1S/C16H30O2/c1-7-15(5,6)13(17)18-16(14(2,3)4)11-9-8-10-12-16/h7-12H2,1-6H3. The summed E-state index contributed by atoms with van der Waals surface area (Å²) in [4.78, 5) is 12.4. The van der Waals surface area contributed by atoms with E-state index in [0.29, 0.717) is 0 Å². The maximum atomic E-state index is 12.4. The van der Waals surface area contributed by atoms with Crippen LogP contribution < -0.4 is 0 Å². The number of esters is 1. The second-order valence-electron chi connectivity index (χ2n) is 7.43. The lowest BCUT2D eigenvalue weighted by atomic mass is 9.68. The van der Waals surface area contributed by atoms with Crippen LogP contribution in [0.25, 0.3) is 0 Å². The number of rotatable bonds is 3. The number of carbonyl (C=O) groups is 1. The lowest BCUT2D eigenvalue weighted by Crippen LogP contribution is -2.50. The Morgan fingerprint density at radius 2 is 1.56 bits per heavy atom. The van der Waals surface area contributed by atoms with Crippen molar-refractivity contribution in [2.24, 2.45) is 10.8 Å². The number of hydrogen-bond acceptors (Lipinski definition) is 2. The molecule has 0 aromatic carbocycles. The van der Waals surface area contributed by atoms with Crippen molar-refractivity contribution < 1.29 is 9.53 Å². The highest BCUT2D eigenvalue weighted by atomic mass is 16.6. The van der Waals surface area contributed by atoms with Crippen molar-refractivity contribution in [1.29, 1.82) is 0 Å². The van der Waals surface area contributed by atoms with Gasteiger partial charge < -0.3 is 4.74 Å². The molecule has 0 N–H and O–H groups in total. The Morgan fingerprint density at radius 3 is 1.94 bits per heavy atom. The van der Waals surface area contributed by atoms with Gasteiger partial charge in [-0.25, -0.2) is 0 Å². The summed E-state index contributed by atoms with van der Waals surface area (Å²) in [5, 5.41) is 0. The average Bonchev–Trinajstić information content (AvgIpc) is 2.28. The molecule has 0 aliphatic heterocycles. The van der Waals surface area contributed by atoms with Crippen LogP contribution in [0.2, 0.25) is 0 Å². The molecule has 0 atom stereocenters. The van der Waals surface area contributed by atoms with E-state index in [4.69, 9.17) is 4.74 Å². The summed E-state index contributed by atoms with van der Waals surface area (Å²) < 4.78 is 6.06. The van der Waals surface area contributed by atoms with Crippen molar-refractivity contribution in [2.45, 2.75) is 85.7 Å². The molecular formula is C16H30O2. The third-order valence-corrected chi connectivity index (χ3v) is 4.75. The summed E-state index contributed by atoms with van der Waals surface area (Å²) in [5.41, 5.74) is -0.600. The minimum Gasteiger partial charge on any atom is -0.458 e. The van der Waals surface area contributed by atoms with E-state index < -0.39 is 0 Å². The first-order valence-electron chi connectivity index (χ1n) is 7.38. The predicted molar refractivity (Wildman–Crippen MR) is 75.4 cm³/mol. The molecule has 0 aromatic rings. The van der Waals surface area contributed by atoms with Gasteiger partial charge in [0.05, 0.1) is 5.41 Å². The average molecular weight is 254 g/mol. The first-order valence-corrected chi connectivity index (χ1v) is 7.38. The molecule has 1 rings (SSSR count). The fraction of sp³-hybridized carbons (Fsp3) is 0.938. The SMILES string of the molecule is CCC(C)(C)C(=O)OC1(C(C)(C)C)CCCCC1. The van der Waals surface area contributed by atoms with Gasteiger partial charge in [-0.15, -0.1) is 0 Å². The van der Waals surface area contributed by atoms with E-state index in [1.165, 1.54) is 19.3 Å². The Morgan fingerprint density at radius 1 is 1.06 bits per heavy atom. The fourth-order valence-electron chi connectivity index (χ4n) is 2.59. The molecule has 1 aliphatic carbocycles. The summed E-state index contributed by atoms with van der Waals surface area (Å²) in [7, 11) is 0. The van der Waals surface area contributed by atoms with E-state index in [1.54, 1.807) is 0 Å². The van der Waals surface area contributed by atoms with Crippen LogP contribution in [0.15, 0.2) is 0 Å². The highest BCUT2D eigenvalue weighted by Crippen LogP contribution is 2.46. The molecule has 1 saturated carbocycles. The second kappa shape index (κ2) is 5.22. The molecule has 0 unspecified atom stereocenters. The van der Waals surface area contributed by atoms with Crippen LogP contribution in [0, 0.1) is 10.8 Å². The van der Waals surface area contributed by atoms with E-state index in [0.717, 1.165) is 19.3 Å². The van der Waals surface area contributed by atoms with Gasteiger partial charge >= 0.3 is 5.97 Å². The van der Waals surface area contributed by atoms with Crippen molar-refractivity contribution in [3.05, 3.63) is 0 Å².